The van der Waals surface area contributed by atoms with Crippen LogP contribution in [0, 0.1) is 0 Å². The first-order valence-corrected chi connectivity index (χ1v) is 4.39. The molecule has 0 radical (unpaired) electrons. The molecule has 0 fully saturated rings. The number of hydrogen-bond acceptors (Lipinski definition) is 3. The average molecular weight is 180 g/mol. The number of nitrogens with one attached hydrogen (secondary N) is 1. The van der Waals surface area contributed by atoms with Crippen LogP contribution in [0.2, 0.25) is 0 Å². The number of rotatable bonds is 1. The summed E-state index contributed by atoms with van der Waals surface area (Å²) in [7, 11) is 1.73. The molecule has 2 aromatic rings. The topological polar surface area (TPSA) is 34.0 Å². The molecule has 1 heterocycles. The first-order valence-electron chi connectivity index (χ1n) is 3.62. The Bertz CT molecular complexity index is 457. The molecule has 0 amide bonds. The summed E-state index contributed by atoms with van der Waals surface area (Å²) in [4.78, 5) is 11.5. The van der Waals surface area contributed by atoms with Gasteiger partial charge in [-0.2, -0.15) is 4.07 Å². The number of benzene rings is 1. The maximum Gasteiger partial charge on any atom is 0.287 e. The van der Waals surface area contributed by atoms with Crippen LogP contribution in [0.5, 0.6) is 0 Å². The summed E-state index contributed by atoms with van der Waals surface area (Å²) in [6.45, 7) is 0. The fraction of sp³-hybridized carbons (Fsp3) is 0.125. The van der Waals surface area contributed by atoms with Crippen LogP contribution in [0.4, 0.5) is 0 Å². The molecule has 62 valence electrons. The van der Waals surface area contributed by atoms with Gasteiger partial charge in [0.1, 0.15) is 0 Å². The van der Waals surface area contributed by atoms with Gasteiger partial charge in [-0.3, -0.25) is 4.79 Å². The van der Waals surface area contributed by atoms with Gasteiger partial charge in [0.25, 0.3) is 5.56 Å². The standard InChI is InChI=1S/C8H8N2OS/c1-9-10-8(11)6-4-2-3-5-7(6)12-10/h2-5,9H,1H3. The van der Waals surface area contributed by atoms with Crippen LogP contribution in [0.3, 0.4) is 0 Å². The Labute approximate surface area is 73.4 Å². The zero-order valence-electron chi connectivity index (χ0n) is 6.57. The average Bonchev–Trinajstić information content (AvgIpc) is 2.44. The molecule has 4 heteroatoms. The van der Waals surface area contributed by atoms with E-state index in [4.69, 9.17) is 0 Å². The summed E-state index contributed by atoms with van der Waals surface area (Å²) in [5, 5.41) is 0.775. The van der Waals surface area contributed by atoms with Crippen molar-refractivity contribution in [1.29, 1.82) is 0 Å². The molecule has 1 aromatic heterocycles. The van der Waals surface area contributed by atoms with E-state index in [2.05, 4.69) is 5.43 Å². The lowest BCUT2D eigenvalue weighted by Crippen LogP contribution is -2.19. The Morgan fingerprint density at radius 1 is 1.42 bits per heavy atom. The molecular formula is C8H8N2OS. The normalized spacial score (nSPS) is 10.4. The lowest BCUT2D eigenvalue weighted by molar-refractivity contribution is 0.995. The maximum atomic E-state index is 11.5. The molecule has 0 bridgehead atoms. The molecule has 12 heavy (non-hydrogen) atoms. The SMILES string of the molecule is CNn1sc2ccccc2c1=O. The van der Waals surface area contributed by atoms with Gasteiger partial charge >= 0.3 is 0 Å². The van der Waals surface area contributed by atoms with Gasteiger partial charge in [-0.15, -0.1) is 0 Å². The lowest BCUT2D eigenvalue weighted by atomic mass is 10.3. The Morgan fingerprint density at radius 3 is 2.83 bits per heavy atom. The highest BCUT2D eigenvalue weighted by molar-refractivity contribution is 7.13. The summed E-state index contributed by atoms with van der Waals surface area (Å²) < 4.78 is 2.53. The van der Waals surface area contributed by atoms with Crippen molar-refractivity contribution in [2.45, 2.75) is 0 Å². The van der Waals surface area contributed by atoms with Crippen LogP contribution in [0.1, 0.15) is 0 Å². The third-order valence-electron chi connectivity index (χ3n) is 1.69. The van der Waals surface area contributed by atoms with E-state index in [0.29, 0.717) is 0 Å². The predicted molar refractivity (Wildman–Crippen MR) is 51.4 cm³/mol. The van der Waals surface area contributed by atoms with E-state index in [1.807, 2.05) is 24.3 Å². The van der Waals surface area contributed by atoms with Crippen LogP contribution >= 0.6 is 11.5 Å². The Morgan fingerprint density at radius 2 is 2.17 bits per heavy atom. The second-order valence-electron chi connectivity index (χ2n) is 2.41. The number of hydrogen-bond donors (Lipinski definition) is 1. The van der Waals surface area contributed by atoms with Crippen molar-refractivity contribution in [1.82, 2.24) is 4.07 Å². The van der Waals surface area contributed by atoms with Gasteiger partial charge in [0.05, 0.1) is 10.1 Å². The van der Waals surface area contributed by atoms with Crippen molar-refractivity contribution in [3.8, 4) is 0 Å². The van der Waals surface area contributed by atoms with Crippen molar-refractivity contribution in [2.24, 2.45) is 0 Å². The molecule has 0 unspecified atom stereocenters. The first kappa shape index (κ1) is 7.36. The monoisotopic (exact) mass is 180 g/mol. The van der Waals surface area contributed by atoms with Crippen LogP contribution in [-0.4, -0.2) is 11.1 Å². The molecule has 2 rings (SSSR count). The number of fused-ring (bicyclic) bond motifs is 1. The molecule has 0 spiro atoms. The zero-order chi connectivity index (χ0) is 8.55. The summed E-state index contributed by atoms with van der Waals surface area (Å²) >= 11 is 1.42. The van der Waals surface area contributed by atoms with Gasteiger partial charge in [-0.1, -0.05) is 12.1 Å². The molecule has 0 saturated heterocycles. The van der Waals surface area contributed by atoms with Gasteiger partial charge in [-0.25, -0.2) is 0 Å². The van der Waals surface area contributed by atoms with Gasteiger partial charge in [0.15, 0.2) is 0 Å². The van der Waals surface area contributed by atoms with E-state index in [0.717, 1.165) is 10.1 Å². The van der Waals surface area contributed by atoms with Crippen LogP contribution in [0.15, 0.2) is 29.1 Å². The van der Waals surface area contributed by atoms with Crippen LogP contribution < -0.4 is 11.0 Å². The largest absolute Gasteiger partial charge is 0.317 e. The lowest BCUT2D eigenvalue weighted by Gasteiger charge is -1.92. The van der Waals surface area contributed by atoms with E-state index >= 15 is 0 Å². The minimum Gasteiger partial charge on any atom is -0.317 e. The van der Waals surface area contributed by atoms with E-state index in [1.54, 1.807) is 7.05 Å². The molecule has 1 N–H and O–H groups in total. The second-order valence-corrected chi connectivity index (χ2v) is 3.40. The molecule has 0 aliphatic rings. The van der Waals surface area contributed by atoms with Crippen molar-refractivity contribution in [2.75, 3.05) is 12.5 Å². The second kappa shape index (κ2) is 2.64. The minimum absolute atomic E-state index is 0.0260. The van der Waals surface area contributed by atoms with Crippen LogP contribution in [-0.2, 0) is 0 Å². The van der Waals surface area contributed by atoms with Gasteiger partial charge < -0.3 is 5.43 Å². The third-order valence-corrected chi connectivity index (χ3v) is 2.78. The quantitative estimate of drug-likeness (QED) is 0.716. The smallest absolute Gasteiger partial charge is 0.287 e. The molecule has 0 saturated carbocycles. The molecular weight excluding hydrogens is 172 g/mol. The summed E-state index contributed by atoms with van der Waals surface area (Å²) in [6.07, 6.45) is 0. The van der Waals surface area contributed by atoms with E-state index < -0.39 is 0 Å². The molecule has 1 aromatic carbocycles. The van der Waals surface area contributed by atoms with Crippen molar-refractivity contribution >= 4 is 21.6 Å². The number of aromatic nitrogens is 1. The Kier molecular flexibility index (Phi) is 1.62. The highest BCUT2D eigenvalue weighted by Gasteiger charge is 2.03. The van der Waals surface area contributed by atoms with Gasteiger partial charge in [-0.05, 0) is 23.7 Å². The van der Waals surface area contributed by atoms with E-state index in [9.17, 15) is 4.79 Å². The molecule has 0 aliphatic heterocycles. The Balaban J connectivity index is 2.88. The Hall–Kier alpha value is -1.29. The van der Waals surface area contributed by atoms with Gasteiger partial charge in [0.2, 0.25) is 0 Å². The highest BCUT2D eigenvalue weighted by atomic mass is 32.1. The summed E-state index contributed by atoms with van der Waals surface area (Å²) in [5.74, 6) is 0. The fourth-order valence-corrected chi connectivity index (χ4v) is 1.98. The van der Waals surface area contributed by atoms with Crippen molar-refractivity contribution in [3.05, 3.63) is 34.6 Å². The van der Waals surface area contributed by atoms with Crippen molar-refractivity contribution < 1.29 is 0 Å². The number of nitrogens with zero attached hydrogens (tertiary/aromatic N) is 1. The molecule has 0 aliphatic carbocycles. The van der Waals surface area contributed by atoms with E-state index in [-0.39, 0.29) is 5.56 Å². The molecule has 0 atom stereocenters. The summed E-state index contributed by atoms with van der Waals surface area (Å²) in [6, 6.07) is 7.58. The fourth-order valence-electron chi connectivity index (χ4n) is 1.12. The van der Waals surface area contributed by atoms with Gasteiger partial charge in [0, 0.05) is 7.05 Å². The predicted octanol–water partition coefficient (Wildman–Crippen LogP) is 1.24. The maximum absolute atomic E-state index is 11.5. The molecule has 3 nitrogen and oxygen atoms in total. The highest BCUT2D eigenvalue weighted by Crippen LogP contribution is 2.13. The summed E-state index contributed by atoms with van der Waals surface area (Å²) in [5.41, 5.74) is 2.83. The third kappa shape index (κ3) is 0.921. The minimum atomic E-state index is 0.0260. The van der Waals surface area contributed by atoms with Crippen LogP contribution in [0.25, 0.3) is 10.1 Å². The zero-order valence-corrected chi connectivity index (χ0v) is 7.39. The van der Waals surface area contributed by atoms with Crippen molar-refractivity contribution in [3.63, 3.8) is 0 Å². The van der Waals surface area contributed by atoms with E-state index in [1.165, 1.54) is 15.6 Å². The first-order chi connectivity index (χ1) is 5.83.